The van der Waals surface area contributed by atoms with Crippen LogP contribution in [-0.4, -0.2) is 22.8 Å². The molecule has 0 N–H and O–H groups in total. The Morgan fingerprint density at radius 1 is 1.46 bits per heavy atom. The third-order valence-corrected chi connectivity index (χ3v) is 2.09. The van der Waals surface area contributed by atoms with Crippen LogP contribution in [0.25, 0.3) is 0 Å². The van der Waals surface area contributed by atoms with E-state index in [2.05, 4.69) is 9.98 Å². The van der Waals surface area contributed by atoms with Crippen molar-refractivity contribution >= 4 is 29.1 Å². The van der Waals surface area contributed by atoms with E-state index < -0.39 is 0 Å². The van der Waals surface area contributed by atoms with Gasteiger partial charge in [0.25, 0.3) is 5.91 Å². The van der Waals surface area contributed by atoms with Crippen LogP contribution in [0.2, 0.25) is 0 Å². The maximum atomic E-state index is 11.4. The van der Waals surface area contributed by atoms with E-state index in [-0.39, 0.29) is 11.3 Å². The number of allylic oxidation sites excluding steroid dienone is 3. The zero-order chi connectivity index (χ0) is 9.42. The summed E-state index contributed by atoms with van der Waals surface area (Å²) in [4.78, 5) is 19.2. The lowest BCUT2D eigenvalue weighted by molar-refractivity contribution is -0.113. The van der Waals surface area contributed by atoms with E-state index >= 15 is 0 Å². The Kier molecular flexibility index (Phi) is 1.88. The maximum absolute atomic E-state index is 11.4. The quantitative estimate of drug-likeness (QED) is 0.539. The Bertz CT molecular complexity index is 390. The van der Waals surface area contributed by atoms with Crippen LogP contribution in [-0.2, 0) is 4.79 Å². The van der Waals surface area contributed by atoms with Crippen LogP contribution in [0.3, 0.4) is 0 Å². The lowest BCUT2D eigenvalue weighted by Crippen LogP contribution is -2.20. The topological polar surface area (TPSA) is 41.8 Å². The van der Waals surface area contributed by atoms with Crippen LogP contribution in [0, 0.1) is 0 Å². The summed E-state index contributed by atoms with van der Waals surface area (Å²) in [6.07, 6.45) is 5.21. The Morgan fingerprint density at radius 3 is 3.00 bits per heavy atom. The second-order valence-electron chi connectivity index (χ2n) is 2.85. The minimum absolute atomic E-state index is 0.230. The van der Waals surface area contributed by atoms with E-state index in [1.165, 1.54) is 0 Å². The molecule has 0 spiro atoms. The van der Waals surface area contributed by atoms with Gasteiger partial charge >= 0.3 is 0 Å². The van der Waals surface area contributed by atoms with Crippen molar-refractivity contribution in [1.29, 1.82) is 0 Å². The molecule has 1 aliphatic carbocycles. The van der Waals surface area contributed by atoms with Gasteiger partial charge in [0, 0.05) is 0 Å². The minimum Gasteiger partial charge on any atom is -0.267 e. The smallest absolute Gasteiger partial charge is 0.267 e. The fourth-order valence-corrected chi connectivity index (χ4v) is 1.46. The third kappa shape index (κ3) is 1.47. The predicted octanol–water partition coefficient (Wildman–Crippen LogP) is 1.49. The summed E-state index contributed by atoms with van der Waals surface area (Å²) in [5.74, 6) is 0.243. The van der Waals surface area contributed by atoms with E-state index in [0.29, 0.717) is 17.1 Å². The average molecular weight is 195 g/mol. The van der Waals surface area contributed by atoms with Crippen LogP contribution < -0.4 is 0 Å². The Hall–Kier alpha value is -1.22. The van der Waals surface area contributed by atoms with Gasteiger partial charge in [0.15, 0.2) is 0 Å². The Labute approximate surface area is 80.5 Å². The summed E-state index contributed by atoms with van der Waals surface area (Å²) in [5.41, 5.74) is 1.17. The molecule has 0 radical (unpaired) electrons. The van der Waals surface area contributed by atoms with Gasteiger partial charge in [0.2, 0.25) is 0 Å². The summed E-state index contributed by atoms with van der Waals surface area (Å²) in [6.45, 7) is 1.70. The van der Waals surface area contributed by atoms with Gasteiger partial charge in [-0.05, 0) is 19.1 Å². The predicted molar refractivity (Wildman–Crippen MR) is 52.4 cm³/mol. The number of carbonyl (C=O) groups is 1. The summed E-state index contributed by atoms with van der Waals surface area (Å²) >= 11 is 5.82. The first kappa shape index (κ1) is 8.38. The van der Waals surface area contributed by atoms with E-state index in [1.54, 1.807) is 25.2 Å². The highest BCUT2D eigenvalue weighted by molar-refractivity contribution is 6.35. The van der Waals surface area contributed by atoms with Gasteiger partial charge in [-0.15, -0.1) is 11.6 Å². The van der Waals surface area contributed by atoms with Crippen LogP contribution in [0.4, 0.5) is 0 Å². The molecule has 3 nitrogen and oxygen atoms in total. The van der Waals surface area contributed by atoms with E-state index in [1.807, 2.05) is 0 Å². The SMILES string of the molecule is CC1=NC(=O)C2=CC(Cl)C=CC2=N1. The van der Waals surface area contributed by atoms with Crippen molar-refractivity contribution in [3.8, 4) is 0 Å². The monoisotopic (exact) mass is 194 g/mol. The highest BCUT2D eigenvalue weighted by atomic mass is 35.5. The van der Waals surface area contributed by atoms with E-state index in [4.69, 9.17) is 11.6 Å². The molecular weight excluding hydrogens is 188 g/mol. The molecular formula is C9H7ClN2O. The van der Waals surface area contributed by atoms with Gasteiger partial charge in [0.1, 0.15) is 5.84 Å². The molecule has 1 atom stereocenters. The molecule has 2 aliphatic rings. The summed E-state index contributed by atoms with van der Waals surface area (Å²) in [7, 11) is 0. The Morgan fingerprint density at radius 2 is 2.23 bits per heavy atom. The van der Waals surface area contributed by atoms with Crippen LogP contribution in [0.5, 0.6) is 0 Å². The van der Waals surface area contributed by atoms with Crippen molar-refractivity contribution in [2.24, 2.45) is 9.98 Å². The van der Waals surface area contributed by atoms with Crippen LogP contribution in [0.1, 0.15) is 6.92 Å². The first-order valence-electron chi connectivity index (χ1n) is 3.89. The number of alkyl halides is 1. The van der Waals surface area contributed by atoms with Crippen molar-refractivity contribution < 1.29 is 4.79 Å². The second-order valence-corrected chi connectivity index (χ2v) is 3.35. The molecule has 1 heterocycles. The molecule has 0 saturated carbocycles. The highest BCUT2D eigenvalue weighted by Gasteiger charge is 2.22. The normalized spacial score (nSPS) is 26.2. The summed E-state index contributed by atoms with van der Waals surface area (Å²) in [6, 6.07) is 0. The van der Waals surface area contributed by atoms with Crippen molar-refractivity contribution in [3.05, 3.63) is 23.8 Å². The largest absolute Gasteiger partial charge is 0.280 e. The summed E-state index contributed by atoms with van der Waals surface area (Å²) in [5, 5.41) is -0.230. The maximum Gasteiger partial charge on any atom is 0.280 e. The molecule has 0 saturated heterocycles. The van der Waals surface area contributed by atoms with Crippen molar-refractivity contribution in [2.75, 3.05) is 0 Å². The lowest BCUT2D eigenvalue weighted by Gasteiger charge is -2.14. The number of halogens is 1. The lowest BCUT2D eigenvalue weighted by atomic mass is 10.0. The van der Waals surface area contributed by atoms with Gasteiger partial charge in [0.05, 0.1) is 16.7 Å². The third-order valence-electron chi connectivity index (χ3n) is 1.82. The first-order valence-corrected chi connectivity index (χ1v) is 4.33. The molecule has 0 bridgehead atoms. The average Bonchev–Trinajstić information content (AvgIpc) is 2.06. The second kappa shape index (κ2) is 2.92. The van der Waals surface area contributed by atoms with Gasteiger partial charge in [-0.3, -0.25) is 4.79 Å². The number of amides is 1. The number of hydrogen-bond donors (Lipinski definition) is 0. The molecule has 0 fully saturated rings. The fourth-order valence-electron chi connectivity index (χ4n) is 1.26. The molecule has 0 aromatic carbocycles. The van der Waals surface area contributed by atoms with Crippen molar-refractivity contribution in [2.45, 2.75) is 12.3 Å². The summed E-state index contributed by atoms with van der Waals surface area (Å²) < 4.78 is 0. The van der Waals surface area contributed by atoms with Crippen LogP contribution in [0.15, 0.2) is 33.8 Å². The van der Waals surface area contributed by atoms with Crippen molar-refractivity contribution in [3.63, 3.8) is 0 Å². The molecule has 1 amide bonds. The number of fused-ring (bicyclic) bond motifs is 1. The molecule has 0 aromatic heterocycles. The van der Waals surface area contributed by atoms with Crippen LogP contribution >= 0.6 is 11.6 Å². The molecule has 1 aliphatic heterocycles. The zero-order valence-electron chi connectivity index (χ0n) is 6.99. The van der Waals surface area contributed by atoms with Gasteiger partial charge in [-0.1, -0.05) is 6.08 Å². The molecule has 66 valence electrons. The molecule has 4 heteroatoms. The number of nitrogens with zero attached hydrogens (tertiary/aromatic N) is 2. The number of rotatable bonds is 0. The first-order chi connectivity index (χ1) is 6.16. The molecule has 13 heavy (non-hydrogen) atoms. The van der Waals surface area contributed by atoms with Gasteiger partial charge in [-0.25, -0.2) is 4.99 Å². The van der Waals surface area contributed by atoms with E-state index in [9.17, 15) is 4.79 Å². The fraction of sp³-hybridized carbons (Fsp3) is 0.222. The molecule has 2 rings (SSSR count). The standard InChI is InChI=1S/C9H7ClN2O/c1-5-11-8-3-2-6(10)4-7(8)9(13)12-5/h2-4,6H,1H3. The van der Waals surface area contributed by atoms with Gasteiger partial charge < -0.3 is 0 Å². The number of carbonyl (C=O) groups excluding carboxylic acids is 1. The van der Waals surface area contributed by atoms with Gasteiger partial charge in [-0.2, -0.15) is 4.99 Å². The Balaban J connectivity index is 2.48. The zero-order valence-corrected chi connectivity index (χ0v) is 7.75. The highest BCUT2D eigenvalue weighted by Crippen LogP contribution is 2.18. The number of aliphatic imine (C=N–C) groups is 2. The molecule has 1 unspecified atom stereocenters. The molecule has 0 aromatic rings. The minimum atomic E-state index is -0.252. The number of hydrogen-bond acceptors (Lipinski definition) is 2. The van der Waals surface area contributed by atoms with E-state index in [0.717, 1.165) is 0 Å². The number of amidine groups is 1. The van der Waals surface area contributed by atoms with Crippen molar-refractivity contribution in [1.82, 2.24) is 0 Å².